The molecule has 2 aromatic heterocycles. The van der Waals surface area contributed by atoms with E-state index in [4.69, 9.17) is 11.6 Å². The highest BCUT2D eigenvalue weighted by Crippen LogP contribution is 2.48. The monoisotopic (exact) mass is 762 g/mol. The summed E-state index contributed by atoms with van der Waals surface area (Å²) in [5.74, 6) is 1.11. The van der Waals surface area contributed by atoms with Crippen LogP contribution in [0.15, 0.2) is 52.3 Å². The number of nitrogens with zero attached hydrogens (tertiary/aromatic N) is 3. The highest BCUT2D eigenvalue weighted by atomic mass is 35.5. The number of thioether (sulfide) groups is 2. The molecule has 2 saturated heterocycles. The summed E-state index contributed by atoms with van der Waals surface area (Å²) >= 11 is 11.6. The second kappa shape index (κ2) is 17.5. The van der Waals surface area contributed by atoms with Crippen molar-refractivity contribution in [2.75, 3.05) is 24.2 Å². The summed E-state index contributed by atoms with van der Waals surface area (Å²) in [5, 5.41) is 11.2. The average Bonchev–Trinajstić information content (AvgIpc) is 3.81. The van der Waals surface area contributed by atoms with Gasteiger partial charge in [0.25, 0.3) is 5.56 Å². The summed E-state index contributed by atoms with van der Waals surface area (Å²) in [4.78, 5) is 40.6. The topological polar surface area (TPSA) is 99.3 Å². The zero-order chi connectivity index (χ0) is 33.6. The zero-order valence-corrected chi connectivity index (χ0v) is 31.8. The van der Waals surface area contributed by atoms with E-state index in [1.165, 1.54) is 11.3 Å². The van der Waals surface area contributed by atoms with Crippen LogP contribution in [0.25, 0.3) is 11.1 Å². The van der Waals surface area contributed by atoms with Crippen LogP contribution in [-0.4, -0.2) is 53.2 Å². The van der Waals surface area contributed by atoms with Crippen molar-refractivity contribution in [1.29, 1.82) is 0 Å². The van der Waals surface area contributed by atoms with Gasteiger partial charge in [0.2, 0.25) is 11.6 Å². The fraction of sp³-hybridized carbons (Fsp3) is 0.486. The molecule has 0 bridgehead atoms. The van der Waals surface area contributed by atoms with Crippen molar-refractivity contribution in [2.45, 2.75) is 93.6 Å². The van der Waals surface area contributed by atoms with Crippen LogP contribution < -0.4 is 52.6 Å². The van der Waals surface area contributed by atoms with Gasteiger partial charge < -0.3 is 33.3 Å². The van der Waals surface area contributed by atoms with Crippen molar-refractivity contribution in [3.05, 3.63) is 72.9 Å². The van der Waals surface area contributed by atoms with Crippen molar-refractivity contribution < 1.29 is 26.6 Å². The molecule has 0 unspecified atom stereocenters. The molecule has 49 heavy (non-hydrogen) atoms. The Hall–Kier alpha value is -2.64. The van der Waals surface area contributed by atoms with Crippen LogP contribution in [0.1, 0.15) is 64.0 Å². The lowest BCUT2D eigenvalue weighted by Gasteiger charge is -2.16. The first kappa shape index (κ1) is 37.6. The molecule has 0 radical (unpaired) electrons. The highest BCUT2D eigenvalue weighted by molar-refractivity contribution is 8.08. The van der Waals surface area contributed by atoms with E-state index in [-0.39, 0.29) is 42.0 Å². The molecule has 0 spiro atoms. The van der Waals surface area contributed by atoms with Gasteiger partial charge in [0.15, 0.2) is 6.20 Å². The molecule has 1 aromatic carbocycles. The Balaban J connectivity index is 0.00000468. The molecular weight excluding hydrogens is 720 g/mol. The van der Waals surface area contributed by atoms with Crippen molar-refractivity contribution in [3.8, 4) is 0 Å². The normalized spacial score (nSPS) is 20.9. The number of rotatable bonds is 14. The third kappa shape index (κ3) is 8.81. The number of hydrogen-bond acceptors (Lipinski definition) is 7. The SMILES string of the molecule is CCn1c(=O)/c(=C2\Sc3cccc(Cl)c3N2C)s/c1=C\c1cccc[n+]1CCCCCCNC(=O)CCCC[C@@H]1SC[C@@H]2NC(=O)N[C@@H]21.[Cl-]. The van der Waals surface area contributed by atoms with Gasteiger partial charge in [0.05, 0.1) is 22.8 Å². The molecule has 3 aliphatic rings. The lowest BCUT2D eigenvalue weighted by atomic mass is 10.0. The van der Waals surface area contributed by atoms with Crippen molar-refractivity contribution in [1.82, 2.24) is 20.5 Å². The summed E-state index contributed by atoms with van der Waals surface area (Å²) in [6.07, 6.45) is 11.9. The van der Waals surface area contributed by atoms with Crippen LogP contribution >= 0.6 is 46.5 Å². The predicted octanol–water partition coefficient (Wildman–Crippen LogP) is 1.41. The largest absolute Gasteiger partial charge is 1.00 e. The third-order valence-electron chi connectivity index (χ3n) is 9.19. The van der Waals surface area contributed by atoms with Crippen molar-refractivity contribution >= 4 is 75.2 Å². The minimum absolute atomic E-state index is 0. The molecule has 3 atom stereocenters. The third-order valence-corrected chi connectivity index (χ3v) is 13.5. The number of urea groups is 1. The van der Waals surface area contributed by atoms with E-state index in [0.29, 0.717) is 23.2 Å². The van der Waals surface area contributed by atoms with E-state index in [2.05, 4.69) is 38.9 Å². The number of aromatic nitrogens is 2. The molecule has 14 heteroatoms. The van der Waals surface area contributed by atoms with E-state index in [1.54, 1.807) is 11.8 Å². The Labute approximate surface area is 311 Å². The first-order valence-electron chi connectivity index (χ1n) is 16.9. The van der Waals surface area contributed by atoms with E-state index in [0.717, 1.165) is 94.3 Å². The Bertz CT molecular complexity index is 1830. The Kier molecular flexibility index (Phi) is 13.5. The van der Waals surface area contributed by atoms with Gasteiger partial charge in [-0.1, -0.05) is 42.3 Å². The lowest BCUT2D eigenvalue weighted by molar-refractivity contribution is -0.699. The molecule has 9 nitrogen and oxygen atoms in total. The maximum atomic E-state index is 13.6. The van der Waals surface area contributed by atoms with Gasteiger partial charge in [0.1, 0.15) is 20.8 Å². The summed E-state index contributed by atoms with van der Waals surface area (Å²) in [6.45, 7) is 4.21. The van der Waals surface area contributed by atoms with E-state index < -0.39 is 0 Å². The fourth-order valence-electron chi connectivity index (χ4n) is 6.65. The molecule has 264 valence electrons. The molecule has 6 rings (SSSR count). The van der Waals surface area contributed by atoms with Gasteiger partial charge in [-0.15, -0.1) is 11.3 Å². The van der Waals surface area contributed by atoms with Crippen LogP contribution in [-0.2, 0) is 17.9 Å². The fourth-order valence-corrected chi connectivity index (χ4v) is 11.0. The number of hydrogen-bond donors (Lipinski definition) is 3. The number of anilines is 1. The second-order valence-corrected chi connectivity index (χ2v) is 16.2. The van der Waals surface area contributed by atoms with E-state index in [9.17, 15) is 14.4 Å². The number of pyridine rings is 1. The number of benzene rings is 1. The van der Waals surface area contributed by atoms with Crippen molar-refractivity contribution in [2.24, 2.45) is 0 Å². The molecule has 2 fully saturated rings. The zero-order valence-electron chi connectivity index (χ0n) is 27.9. The number of nitrogens with one attached hydrogen (secondary N) is 3. The van der Waals surface area contributed by atoms with Gasteiger partial charge in [-0.2, -0.15) is 16.3 Å². The van der Waals surface area contributed by atoms with Gasteiger partial charge >= 0.3 is 6.03 Å². The molecule has 0 saturated carbocycles. The Morgan fingerprint density at radius 3 is 2.73 bits per heavy atom. The van der Waals surface area contributed by atoms with Gasteiger partial charge in [0, 0.05) is 67.1 Å². The minimum Gasteiger partial charge on any atom is -1.00 e. The Morgan fingerprint density at radius 2 is 1.92 bits per heavy atom. The number of amides is 3. The van der Waals surface area contributed by atoms with Gasteiger partial charge in [-0.05, 0) is 50.8 Å². The maximum absolute atomic E-state index is 13.6. The lowest BCUT2D eigenvalue weighted by Crippen LogP contribution is -3.00. The van der Waals surface area contributed by atoms with Crippen LogP contribution in [0.2, 0.25) is 5.02 Å². The number of aryl methyl sites for hydroxylation is 1. The minimum atomic E-state index is -0.0467. The van der Waals surface area contributed by atoms with Crippen molar-refractivity contribution in [3.63, 3.8) is 0 Å². The molecule has 3 aromatic rings. The molecule has 3 amide bonds. The van der Waals surface area contributed by atoms with Crippen LogP contribution in [0.4, 0.5) is 10.5 Å². The number of para-hydroxylation sites is 1. The first-order chi connectivity index (χ1) is 23.3. The van der Waals surface area contributed by atoms with Gasteiger partial charge in [-0.3, -0.25) is 14.2 Å². The van der Waals surface area contributed by atoms with Crippen LogP contribution in [0.3, 0.4) is 0 Å². The summed E-state index contributed by atoms with van der Waals surface area (Å²) in [7, 11) is 1.97. The maximum Gasteiger partial charge on any atom is 0.315 e. The summed E-state index contributed by atoms with van der Waals surface area (Å²) < 4.78 is 5.78. The number of thiazole rings is 1. The standard InChI is InChI=1S/C35H43ClN6O3S3.ClH/c1-3-42-29(48-32(33(42)44)34-40(2)31-24(36)14-12-16-27(31)47-34)21-23-13-8-11-20-41(23)19-10-5-4-9-18-37-28(43)17-7-6-15-26-30-25(22-46-26)38-35(45)39-30;/h8,11-14,16,20-21,25-26,30H,3-7,9-10,15,17-19,22H2,1-2H3,(H2-,37,38,39,43,45);1H/b34-32+;/t25-,26-,30-;/m0./s1. The molecule has 3 N–H and O–H groups in total. The number of carbonyl (C=O) groups excluding carboxylic acids is 2. The smallest absolute Gasteiger partial charge is 0.315 e. The van der Waals surface area contributed by atoms with E-state index in [1.807, 2.05) is 65.5 Å². The molecular formula is C35H44Cl2N6O3S3. The summed E-state index contributed by atoms with van der Waals surface area (Å²) in [5.41, 5.74) is 2.05. The number of halogens is 2. The van der Waals surface area contributed by atoms with E-state index >= 15 is 0 Å². The molecule has 5 heterocycles. The Morgan fingerprint density at radius 1 is 1.08 bits per heavy atom. The number of carbonyl (C=O) groups is 2. The predicted molar refractivity (Wildman–Crippen MR) is 198 cm³/mol. The summed E-state index contributed by atoms with van der Waals surface area (Å²) in [6, 6.07) is 12.5. The van der Waals surface area contributed by atoms with Crippen LogP contribution in [0, 0.1) is 0 Å². The average molecular weight is 764 g/mol. The molecule has 3 aliphatic heterocycles. The number of fused-ring (bicyclic) bond motifs is 2. The quantitative estimate of drug-likeness (QED) is 0.131. The van der Waals surface area contributed by atoms with Gasteiger partial charge in [-0.25, -0.2) is 4.79 Å². The van der Waals surface area contributed by atoms with Crippen LogP contribution in [0.5, 0.6) is 0 Å². The second-order valence-electron chi connectivity index (χ2n) is 12.5. The number of unbranched alkanes of at least 4 members (excludes halogenated alkanes) is 4. The molecule has 0 aliphatic carbocycles. The first-order valence-corrected chi connectivity index (χ1v) is 20.0. The highest BCUT2D eigenvalue weighted by Gasteiger charge is 2.42.